The van der Waals surface area contributed by atoms with E-state index in [9.17, 15) is 0 Å². The Balaban J connectivity index is 1.46. The van der Waals surface area contributed by atoms with Gasteiger partial charge in [-0.15, -0.1) is 0 Å². The maximum atomic E-state index is 6.07. The molecule has 0 aliphatic heterocycles. The minimum absolute atomic E-state index is 0.563. The standard InChI is InChI=1S/C27H36O/c1-3-5-6-8-23-9-11-24(12-10-23)21-28-27-19-17-26(18-20-27)25-15-13-22(7-4-2)14-16-25/h9,11,13-20,23-24H,3-8,10,12,21H2,1-2H3. The van der Waals surface area contributed by atoms with Gasteiger partial charge in [-0.25, -0.2) is 0 Å². The highest BCUT2D eigenvalue weighted by atomic mass is 16.5. The Morgan fingerprint density at radius 3 is 2.00 bits per heavy atom. The molecule has 2 aromatic carbocycles. The molecule has 0 radical (unpaired) electrons. The van der Waals surface area contributed by atoms with Crippen LogP contribution in [0.15, 0.2) is 60.7 Å². The van der Waals surface area contributed by atoms with Gasteiger partial charge in [-0.2, -0.15) is 0 Å². The van der Waals surface area contributed by atoms with Crippen molar-refractivity contribution in [3.8, 4) is 16.9 Å². The van der Waals surface area contributed by atoms with Crippen molar-refractivity contribution in [3.63, 3.8) is 0 Å². The van der Waals surface area contributed by atoms with E-state index in [0.29, 0.717) is 5.92 Å². The zero-order valence-corrected chi connectivity index (χ0v) is 17.7. The molecule has 2 atom stereocenters. The molecule has 0 spiro atoms. The van der Waals surface area contributed by atoms with E-state index >= 15 is 0 Å². The highest BCUT2D eigenvalue weighted by Gasteiger charge is 2.16. The van der Waals surface area contributed by atoms with Crippen LogP contribution in [0.4, 0.5) is 0 Å². The molecule has 0 amide bonds. The zero-order valence-electron chi connectivity index (χ0n) is 17.7. The summed E-state index contributed by atoms with van der Waals surface area (Å²) in [6.45, 7) is 5.30. The molecule has 0 saturated carbocycles. The van der Waals surface area contributed by atoms with E-state index < -0.39 is 0 Å². The van der Waals surface area contributed by atoms with E-state index in [-0.39, 0.29) is 0 Å². The van der Waals surface area contributed by atoms with Crippen LogP contribution in [-0.4, -0.2) is 6.61 Å². The van der Waals surface area contributed by atoms with Crippen LogP contribution in [-0.2, 0) is 6.42 Å². The predicted molar refractivity (Wildman–Crippen MR) is 121 cm³/mol. The number of rotatable bonds is 10. The number of ether oxygens (including phenoxy) is 1. The van der Waals surface area contributed by atoms with Crippen molar-refractivity contribution in [2.45, 2.75) is 65.2 Å². The Bertz CT molecular complexity index is 711. The zero-order chi connectivity index (χ0) is 19.6. The summed E-state index contributed by atoms with van der Waals surface area (Å²) in [4.78, 5) is 0. The first-order valence-corrected chi connectivity index (χ1v) is 11.3. The molecule has 28 heavy (non-hydrogen) atoms. The minimum Gasteiger partial charge on any atom is -0.493 e. The molecule has 0 saturated heterocycles. The van der Waals surface area contributed by atoms with Crippen molar-refractivity contribution in [3.05, 3.63) is 66.2 Å². The predicted octanol–water partition coefficient (Wildman–Crippen LogP) is 7.85. The topological polar surface area (TPSA) is 9.23 Å². The Morgan fingerprint density at radius 1 is 0.750 bits per heavy atom. The summed E-state index contributed by atoms with van der Waals surface area (Å²) in [7, 11) is 0. The SMILES string of the molecule is CCCCCC1C=CC(COc2ccc(-c3ccc(CCC)cc3)cc2)CC1. The van der Waals surface area contributed by atoms with E-state index in [0.717, 1.165) is 24.7 Å². The van der Waals surface area contributed by atoms with E-state index in [2.05, 4.69) is 74.5 Å². The molecule has 0 bridgehead atoms. The van der Waals surface area contributed by atoms with Crippen LogP contribution < -0.4 is 4.74 Å². The second-order valence-electron chi connectivity index (χ2n) is 8.26. The van der Waals surface area contributed by atoms with E-state index in [1.165, 1.54) is 61.6 Å². The Kier molecular flexibility index (Phi) is 8.21. The summed E-state index contributed by atoms with van der Waals surface area (Å²) < 4.78 is 6.07. The first-order valence-electron chi connectivity index (χ1n) is 11.3. The van der Waals surface area contributed by atoms with Gasteiger partial charge >= 0.3 is 0 Å². The molecule has 1 nitrogen and oxygen atoms in total. The van der Waals surface area contributed by atoms with E-state index in [1.807, 2.05) is 0 Å². The number of allylic oxidation sites excluding steroid dienone is 1. The quantitative estimate of drug-likeness (QED) is 0.303. The number of unbranched alkanes of at least 4 members (excludes halogenated alkanes) is 2. The van der Waals surface area contributed by atoms with Crippen molar-refractivity contribution < 1.29 is 4.74 Å². The van der Waals surface area contributed by atoms with Gasteiger partial charge in [0.1, 0.15) is 5.75 Å². The fourth-order valence-electron chi connectivity index (χ4n) is 4.07. The second-order valence-corrected chi connectivity index (χ2v) is 8.26. The third kappa shape index (κ3) is 6.26. The third-order valence-corrected chi connectivity index (χ3v) is 5.89. The van der Waals surface area contributed by atoms with Crippen molar-refractivity contribution in [2.75, 3.05) is 6.61 Å². The molecule has 0 heterocycles. The number of benzene rings is 2. The molecule has 1 aliphatic carbocycles. The van der Waals surface area contributed by atoms with Crippen LogP contribution in [0.1, 0.15) is 64.4 Å². The molecule has 2 aromatic rings. The molecule has 0 aromatic heterocycles. The maximum absolute atomic E-state index is 6.07. The van der Waals surface area contributed by atoms with Crippen LogP contribution in [0.3, 0.4) is 0 Å². The maximum Gasteiger partial charge on any atom is 0.119 e. The second kappa shape index (κ2) is 11.1. The molecular weight excluding hydrogens is 340 g/mol. The molecule has 2 unspecified atom stereocenters. The van der Waals surface area contributed by atoms with Gasteiger partial charge in [-0.1, -0.05) is 88.1 Å². The van der Waals surface area contributed by atoms with Gasteiger partial charge in [-0.05, 0) is 60.4 Å². The van der Waals surface area contributed by atoms with Gasteiger partial charge in [0.2, 0.25) is 0 Å². The minimum atomic E-state index is 0.563. The van der Waals surface area contributed by atoms with Gasteiger partial charge in [0.25, 0.3) is 0 Å². The van der Waals surface area contributed by atoms with Crippen molar-refractivity contribution in [1.29, 1.82) is 0 Å². The van der Waals surface area contributed by atoms with Gasteiger partial charge in [-0.3, -0.25) is 0 Å². The molecule has 150 valence electrons. The number of aryl methyl sites for hydroxylation is 1. The first-order chi connectivity index (χ1) is 13.8. The van der Waals surface area contributed by atoms with Crippen molar-refractivity contribution in [1.82, 2.24) is 0 Å². The van der Waals surface area contributed by atoms with E-state index in [4.69, 9.17) is 4.74 Å². The highest BCUT2D eigenvalue weighted by molar-refractivity contribution is 5.64. The molecule has 0 N–H and O–H groups in total. The summed E-state index contributed by atoms with van der Waals surface area (Å²) in [5.41, 5.74) is 3.94. The Hall–Kier alpha value is -2.02. The average molecular weight is 377 g/mol. The normalized spacial score (nSPS) is 18.9. The molecule has 0 fully saturated rings. The van der Waals surface area contributed by atoms with E-state index in [1.54, 1.807) is 0 Å². The molecule has 1 aliphatic rings. The summed E-state index contributed by atoms with van der Waals surface area (Å²) in [6.07, 6.45) is 15.2. The lowest BCUT2D eigenvalue weighted by Crippen LogP contribution is -2.15. The Morgan fingerprint density at radius 2 is 1.39 bits per heavy atom. The lowest BCUT2D eigenvalue weighted by atomic mass is 9.86. The number of hydrogen-bond donors (Lipinski definition) is 0. The molecule has 3 rings (SSSR count). The average Bonchev–Trinajstić information content (AvgIpc) is 2.75. The van der Waals surface area contributed by atoms with Crippen molar-refractivity contribution >= 4 is 0 Å². The van der Waals surface area contributed by atoms with Crippen LogP contribution in [0.2, 0.25) is 0 Å². The summed E-state index contributed by atoms with van der Waals surface area (Å²) in [5, 5.41) is 0. The number of hydrogen-bond acceptors (Lipinski definition) is 1. The largest absolute Gasteiger partial charge is 0.493 e. The summed E-state index contributed by atoms with van der Waals surface area (Å²) in [6, 6.07) is 17.5. The van der Waals surface area contributed by atoms with Gasteiger partial charge in [0, 0.05) is 5.92 Å². The third-order valence-electron chi connectivity index (χ3n) is 5.89. The smallest absolute Gasteiger partial charge is 0.119 e. The lowest BCUT2D eigenvalue weighted by Gasteiger charge is -2.23. The summed E-state index contributed by atoms with van der Waals surface area (Å²) in [5.74, 6) is 2.34. The Labute approximate surface area is 171 Å². The van der Waals surface area contributed by atoms with Gasteiger partial charge < -0.3 is 4.74 Å². The van der Waals surface area contributed by atoms with Crippen LogP contribution >= 0.6 is 0 Å². The highest BCUT2D eigenvalue weighted by Crippen LogP contribution is 2.28. The van der Waals surface area contributed by atoms with Crippen LogP contribution in [0.5, 0.6) is 5.75 Å². The monoisotopic (exact) mass is 376 g/mol. The van der Waals surface area contributed by atoms with Crippen molar-refractivity contribution in [2.24, 2.45) is 11.8 Å². The van der Waals surface area contributed by atoms with Crippen LogP contribution in [0, 0.1) is 11.8 Å². The molecule has 1 heteroatoms. The van der Waals surface area contributed by atoms with Gasteiger partial charge in [0.05, 0.1) is 6.61 Å². The fourth-order valence-corrected chi connectivity index (χ4v) is 4.07. The van der Waals surface area contributed by atoms with Crippen LogP contribution in [0.25, 0.3) is 11.1 Å². The molecular formula is C27H36O. The first kappa shape index (κ1) is 20.7. The lowest BCUT2D eigenvalue weighted by molar-refractivity contribution is 0.254. The fraction of sp³-hybridized carbons (Fsp3) is 0.481. The van der Waals surface area contributed by atoms with Gasteiger partial charge in [0.15, 0.2) is 0 Å². The summed E-state index contributed by atoms with van der Waals surface area (Å²) >= 11 is 0.